The van der Waals surface area contributed by atoms with E-state index in [4.69, 9.17) is 4.74 Å². The second-order valence-corrected chi connectivity index (χ2v) is 10.5. The van der Waals surface area contributed by atoms with Crippen LogP contribution in [0.25, 0.3) is 22.3 Å². The van der Waals surface area contributed by atoms with Crippen LogP contribution < -0.4 is 4.74 Å². The van der Waals surface area contributed by atoms with Crippen LogP contribution in [0, 0.1) is 23.4 Å². The minimum Gasteiger partial charge on any atom is -0.462 e. The molecule has 3 aromatic carbocycles. The zero-order chi connectivity index (χ0) is 26.9. The highest BCUT2D eigenvalue weighted by Gasteiger charge is 2.23. The van der Waals surface area contributed by atoms with Crippen molar-refractivity contribution < 1.29 is 17.9 Å². The fraction of sp³-hybridized carbons (Fsp3) is 0.412. The van der Waals surface area contributed by atoms with Crippen LogP contribution >= 0.6 is 0 Å². The number of hydrogen-bond acceptors (Lipinski definition) is 1. The van der Waals surface area contributed by atoms with Crippen LogP contribution in [0.15, 0.2) is 66.9 Å². The first-order valence-electron chi connectivity index (χ1n) is 14.2. The SMILES string of the molecule is CCC/C=C\Oc1ccc(-c2ccc(-c3ccc(C4CCC(CCCCC)CC4)cc3F)cc2)c(F)c1F. The highest BCUT2D eigenvalue weighted by molar-refractivity contribution is 5.71. The maximum Gasteiger partial charge on any atom is 0.201 e. The van der Waals surface area contributed by atoms with E-state index in [0.29, 0.717) is 22.6 Å². The normalized spacial score (nSPS) is 17.7. The Morgan fingerprint density at radius 3 is 2.11 bits per heavy atom. The Bertz CT molecular complexity index is 1210. The zero-order valence-electron chi connectivity index (χ0n) is 22.6. The third-order valence-corrected chi connectivity index (χ3v) is 7.83. The van der Waals surface area contributed by atoms with Crippen LogP contribution in [0.1, 0.15) is 89.5 Å². The molecule has 1 saturated carbocycles. The van der Waals surface area contributed by atoms with Gasteiger partial charge in [-0.25, -0.2) is 8.78 Å². The minimum atomic E-state index is -1.02. The van der Waals surface area contributed by atoms with Gasteiger partial charge in [0.1, 0.15) is 5.82 Å². The minimum absolute atomic E-state index is 0.139. The van der Waals surface area contributed by atoms with E-state index in [0.717, 1.165) is 37.2 Å². The predicted octanol–water partition coefficient (Wildman–Crippen LogP) is 11.0. The number of benzene rings is 3. The highest BCUT2D eigenvalue weighted by atomic mass is 19.2. The molecule has 4 rings (SSSR count). The number of allylic oxidation sites excluding steroid dienone is 1. The lowest BCUT2D eigenvalue weighted by Crippen LogP contribution is -2.13. The lowest BCUT2D eigenvalue weighted by atomic mass is 9.77. The molecular weight excluding hydrogens is 481 g/mol. The van der Waals surface area contributed by atoms with Crippen molar-refractivity contribution >= 4 is 0 Å². The van der Waals surface area contributed by atoms with Crippen LogP contribution in [0.5, 0.6) is 5.75 Å². The summed E-state index contributed by atoms with van der Waals surface area (Å²) in [6.07, 6.45) is 14.9. The Morgan fingerprint density at radius 2 is 1.45 bits per heavy atom. The lowest BCUT2D eigenvalue weighted by Gasteiger charge is -2.29. The molecule has 1 fully saturated rings. The molecule has 0 radical (unpaired) electrons. The van der Waals surface area contributed by atoms with Crippen molar-refractivity contribution in [2.45, 2.75) is 84.0 Å². The van der Waals surface area contributed by atoms with Gasteiger partial charge in [0.15, 0.2) is 11.6 Å². The van der Waals surface area contributed by atoms with E-state index < -0.39 is 11.6 Å². The highest BCUT2D eigenvalue weighted by Crippen LogP contribution is 2.39. The van der Waals surface area contributed by atoms with Crippen molar-refractivity contribution in [1.29, 1.82) is 0 Å². The van der Waals surface area contributed by atoms with Crippen LogP contribution in [-0.2, 0) is 0 Å². The molecule has 0 amide bonds. The van der Waals surface area contributed by atoms with E-state index in [-0.39, 0.29) is 17.1 Å². The second kappa shape index (κ2) is 13.7. The van der Waals surface area contributed by atoms with E-state index in [9.17, 15) is 8.78 Å². The van der Waals surface area contributed by atoms with Gasteiger partial charge in [0.05, 0.1) is 6.26 Å². The molecule has 0 aliphatic heterocycles. The van der Waals surface area contributed by atoms with E-state index in [1.165, 1.54) is 56.9 Å². The summed E-state index contributed by atoms with van der Waals surface area (Å²) >= 11 is 0. The molecule has 202 valence electrons. The maximum absolute atomic E-state index is 15.2. The summed E-state index contributed by atoms with van der Waals surface area (Å²) in [5, 5.41) is 0. The molecule has 0 bridgehead atoms. The van der Waals surface area contributed by atoms with Gasteiger partial charge in [-0.1, -0.05) is 82.3 Å². The fourth-order valence-electron chi connectivity index (χ4n) is 5.52. The molecule has 38 heavy (non-hydrogen) atoms. The lowest BCUT2D eigenvalue weighted by molar-refractivity contribution is 0.302. The number of ether oxygens (including phenoxy) is 1. The van der Waals surface area contributed by atoms with Crippen molar-refractivity contribution in [2.75, 3.05) is 0 Å². The average Bonchev–Trinajstić information content (AvgIpc) is 2.94. The van der Waals surface area contributed by atoms with E-state index in [1.54, 1.807) is 36.4 Å². The molecule has 0 N–H and O–H groups in total. The third kappa shape index (κ3) is 6.89. The van der Waals surface area contributed by atoms with Gasteiger partial charge >= 0.3 is 0 Å². The third-order valence-electron chi connectivity index (χ3n) is 7.83. The van der Waals surface area contributed by atoms with Gasteiger partial charge in [-0.3, -0.25) is 0 Å². The smallest absolute Gasteiger partial charge is 0.201 e. The molecule has 0 aromatic heterocycles. The summed E-state index contributed by atoms with van der Waals surface area (Å²) in [5.41, 5.74) is 2.97. The quantitative estimate of drug-likeness (QED) is 0.180. The molecule has 0 heterocycles. The number of hydrogen-bond donors (Lipinski definition) is 0. The van der Waals surface area contributed by atoms with Crippen molar-refractivity contribution in [3.63, 3.8) is 0 Å². The maximum atomic E-state index is 15.2. The fourth-order valence-corrected chi connectivity index (χ4v) is 5.52. The second-order valence-electron chi connectivity index (χ2n) is 10.5. The summed E-state index contributed by atoms with van der Waals surface area (Å²) in [6.45, 7) is 4.27. The van der Waals surface area contributed by atoms with Crippen molar-refractivity contribution in [3.8, 4) is 28.0 Å². The van der Waals surface area contributed by atoms with Gasteiger partial charge in [-0.2, -0.15) is 4.39 Å². The molecular formula is C34H39F3O. The Kier molecular flexibility index (Phi) is 10.1. The van der Waals surface area contributed by atoms with Gasteiger partial charge in [-0.15, -0.1) is 0 Å². The predicted molar refractivity (Wildman–Crippen MR) is 151 cm³/mol. The molecule has 4 heteroatoms. The van der Waals surface area contributed by atoms with E-state index in [1.807, 2.05) is 13.0 Å². The summed E-state index contributed by atoms with van der Waals surface area (Å²) < 4.78 is 49.8. The number of halogens is 3. The first-order chi connectivity index (χ1) is 18.5. The molecule has 3 aromatic rings. The molecule has 0 spiro atoms. The Morgan fingerprint density at radius 1 is 0.763 bits per heavy atom. The van der Waals surface area contributed by atoms with Crippen LogP contribution in [0.2, 0.25) is 0 Å². The molecule has 1 aliphatic carbocycles. The Hall–Kier alpha value is -3.01. The van der Waals surface area contributed by atoms with Crippen LogP contribution in [-0.4, -0.2) is 0 Å². The monoisotopic (exact) mass is 520 g/mol. The van der Waals surface area contributed by atoms with Gasteiger partial charge in [0.25, 0.3) is 0 Å². The Labute approximate surface area is 225 Å². The molecule has 0 atom stereocenters. The molecule has 0 unspecified atom stereocenters. The first-order valence-corrected chi connectivity index (χ1v) is 14.2. The van der Waals surface area contributed by atoms with Crippen molar-refractivity contribution in [1.82, 2.24) is 0 Å². The van der Waals surface area contributed by atoms with E-state index >= 15 is 4.39 Å². The summed E-state index contributed by atoms with van der Waals surface area (Å²) in [4.78, 5) is 0. The van der Waals surface area contributed by atoms with E-state index in [2.05, 4.69) is 13.0 Å². The molecule has 1 nitrogen and oxygen atoms in total. The summed E-state index contributed by atoms with van der Waals surface area (Å²) in [5.74, 6) is -1.13. The Balaban J connectivity index is 1.42. The standard InChI is InChI=1S/C34H39F3O/c1-3-5-7-9-24-10-12-25(13-11-24)28-18-19-29(31(35)23-28)26-14-16-27(17-15-26)30-20-21-32(34(37)33(30)36)38-22-8-6-4-2/h8,14-25H,3-7,9-13H2,1-2H3/b22-8-. The van der Waals surface area contributed by atoms with Crippen LogP contribution in [0.3, 0.4) is 0 Å². The number of rotatable bonds is 11. The van der Waals surface area contributed by atoms with Gasteiger partial charge in [0, 0.05) is 11.1 Å². The topological polar surface area (TPSA) is 9.23 Å². The number of unbranched alkanes of at least 4 members (excludes halogenated alkanes) is 3. The molecule has 1 aliphatic rings. The van der Waals surface area contributed by atoms with Gasteiger partial charge in [0.2, 0.25) is 5.82 Å². The zero-order valence-corrected chi connectivity index (χ0v) is 22.6. The van der Waals surface area contributed by atoms with Gasteiger partial charge in [-0.05, 0) is 84.9 Å². The van der Waals surface area contributed by atoms with Crippen molar-refractivity contribution in [2.24, 2.45) is 5.92 Å². The van der Waals surface area contributed by atoms with Gasteiger partial charge < -0.3 is 4.74 Å². The molecule has 0 saturated heterocycles. The van der Waals surface area contributed by atoms with Crippen LogP contribution in [0.4, 0.5) is 13.2 Å². The average molecular weight is 521 g/mol. The summed E-state index contributed by atoms with van der Waals surface area (Å²) in [7, 11) is 0. The first kappa shape index (κ1) is 28.0. The van der Waals surface area contributed by atoms with Crippen molar-refractivity contribution in [3.05, 3.63) is 90.0 Å². The summed E-state index contributed by atoms with van der Waals surface area (Å²) in [6, 6.07) is 15.4. The largest absolute Gasteiger partial charge is 0.462 e.